The van der Waals surface area contributed by atoms with Crippen LogP contribution in [0.5, 0.6) is 5.75 Å². The number of benzene rings is 2. The Bertz CT molecular complexity index is 1280. The van der Waals surface area contributed by atoms with Crippen LogP contribution in [0.4, 0.5) is 17.6 Å². The number of halogens is 4. The number of ether oxygens (including phenoxy) is 1. The molecule has 33 heavy (non-hydrogen) atoms. The van der Waals surface area contributed by atoms with Crippen molar-refractivity contribution in [2.45, 2.75) is 18.8 Å². The molecule has 0 bridgehead atoms. The maximum Gasteiger partial charge on any atom is 0.573 e. The fraction of sp³-hybridized carbons (Fsp3) is 0.174. The van der Waals surface area contributed by atoms with Crippen LogP contribution in [-0.4, -0.2) is 35.2 Å². The number of rotatable bonds is 4. The molecule has 170 valence electrons. The highest BCUT2D eigenvalue weighted by Crippen LogP contribution is 2.42. The molecule has 2 N–H and O–H groups in total. The first-order chi connectivity index (χ1) is 15.5. The minimum absolute atomic E-state index is 0.0637. The van der Waals surface area contributed by atoms with E-state index >= 15 is 0 Å². The summed E-state index contributed by atoms with van der Waals surface area (Å²) in [7, 11) is 1.45. The third kappa shape index (κ3) is 3.88. The van der Waals surface area contributed by atoms with E-state index in [1.165, 1.54) is 32.3 Å². The lowest BCUT2D eigenvalue weighted by Crippen LogP contribution is -2.41. The van der Waals surface area contributed by atoms with Gasteiger partial charge in [0.2, 0.25) is 5.95 Å². The van der Waals surface area contributed by atoms with Crippen LogP contribution in [0.25, 0.3) is 11.1 Å². The largest absolute Gasteiger partial charge is 0.573 e. The Kier molecular flexibility index (Phi) is 5.31. The average Bonchev–Trinajstić information content (AvgIpc) is 2.99. The van der Waals surface area contributed by atoms with E-state index < -0.39 is 29.5 Å². The molecule has 0 spiro atoms. The number of nitrogens with zero attached hydrogens (tertiary/aromatic N) is 3. The van der Waals surface area contributed by atoms with Crippen LogP contribution in [-0.2, 0) is 10.3 Å². The van der Waals surface area contributed by atoms with E-state index in [4.69, 9.17) is 5.73 Å². The van der Waals surface area contributed by atoms with Gasteiger partial charge in [0.15, 0.2) is 11.5 Å². The molecule has 4 rings (SSSR count). The first kappa shape index (κ1) is 22.3. The molecule has 1 aliphatic heterocycles. The van der Waals surface area contributed by atoms with E-state index in [0.717, 1.165) is 11.0 Å². The molecule has 10 heteroatoms. The standard InChI is InChI=1S/C23H18F4N4O2/c1-13-11-16(8-9-18(13)33-23(25,26)27)22(20(32)31(2)21(28)30-22)15-6-3-5-14(12-15)17-7-4-10-29-19(17)24/h3-12H,1-2H3,(H2,28,30)/t22-/m0/s1. The second kappa shape index (κ2) is 7.88. The van der Waals surface area contributed by atoms with Crippen LogP contribution in [0.15, 0.2) is 65.8 Å². The Morgan fingerprint density at radius 2 is 1.79 bits per heavy atom. The summed E-state index contributed by atoms with van der Waals surface area (Å²) in [5.74, 6) is -1.66. The third-order valence-corrected chi connectivity index (χ3v) is 5.41. The van der Waals surface area contributed by atoms with E-state index in [1.54, 1.807) is 36.4 Å². The predicted octanol–water partition coefficient (Wildman–Crippen LogP) is 4.13. The molecule has 1 amide bonds. The van der Waals surface area contributed by atoms with Crippen LogP contribution in [0.1, 0.15) is 16.7 Å². The van der Waals surface area contributed by atoms with Crippen molar-refractivity contribution in [3.63, 3.8) is 0 Å². The zero-order valence-corrected chi connectivity index (χ0v) is 17.5. The number of guanidine groups is 1. The molecule has 3 aromatic rings. The number of nitrogens with two attached hydrogens (primary N) is 1. The highest BCUT2D eigenvalue weighted by atomic mass is 19.4. The Balaban J connectivity index is 1.90. The second-order valence-corrected chi connectivity index (χ2v) is 7.50. The van der Waals surface area contributed by atoms with E-state index in [9.17, 15) is 22.4 Å². The van der Waals surface area contributed by atoms with Crippen molar-refractivity contribution < 1.29 is 27.1 Å². The number of aliphatic imine (C=N–C) groups is 1. The predicted molar refractivity (Wildman–Crippen MR) is 113 cm³/mol. The van der Waals surface area contributed by atoms with Gasteiger partial charge in [0.05, 0.1) is 0 Å². The van der Waals surface area contributed by atoms with Crippen molar-refractivity contribution in [3.05, 3.63) is 83.4 Å². The van der Waals surface area contributed by atoms with Gasteiger partial charge in [-0.2, -0.15) is 4.39 Å². The van der Waals surface area contributed by atoms with Crippen LogP contribution in [0, 0.1) is 12.9 Å². The maximum absolute atomic E-state index is 14.3. The normalized spacial score (nSPS) is 18.4. The molecule has 0 radical (unpaired) electrons. The molecule has 0 aliphatic carbocycles. The Morgan fingerprint density at radius 1 is 1.06 bits per heavy atom. The summed E-state index contributed by atoms with van der Waals surface area (Å²) >= 11 is 0. The van der Waals surface area contributed by atoms with Crippen LogP contribution in [0.3, 0.4) is 0 Å². The minimum Gasteiger partial charge on any atom is -0.406 e. The Hall–Kier alpha value is -3.95. The van der Waals surface area contributed by atoms with Gasteiger partial charge in [-0.15, -0.1) is 13.2 Å². The lowest BCUT2D eigenvalue weighted by atomic mass is 9.81. The Morgan fingerprint density at radius 3 is 2.39 bits per heavy atom. The summed E-state index contributed by atoms with van der Waals surface area (Å²) < 4.78 is 56.5. The van der Waals surface area contributed by atoms with Crippen LogP contribution >= 0.6 is 0 Å². The molecule has 0 unspecified atom stereocenters. The summed E-state index contributed by atoms with van der Waals surface area (Å²) in [6.45, 7) is 1.43. The molecule has 6 nitrogen and oxygen atoms in total. The number of pyridine rings is 1. The SMILES string of the molecule is Cc1cc([C@]2(c3cccc(-c4cccnc4F)c3)N=C(N)N(C)C2=O)ccc1OC(F)(F)F. The fourth-order valence-electron chi connectivity index (χ4n) is 3.81. The highest BCUT2D eigenvalue weighted by molar-refractivity contribution is 6.09. The average molecular weight is 458 g/mol. The monoisotopic (exact) mass is 458 g/mol. The first-order valence-electron chi connectivity index (χ1n) is 9.75. The molecule has 1 aliphatic rings. The van der Waals surface area contributed by atoms with Gasteiger partial charge in [-0.1, -0.05) is 24.3 Å². The topological polar surface area (TPSA) is 80.8 Å². The number of carbonyl (C=O) groups excluding carboxylic acids is 1. The molecule has 1 atom stereocenters. The Labute approximate surface area is 186 Å². The van der Waals surface area contributed by atoms with Crippen molar-refractivity contribution in [3.8, 4) is 16.9 Å². The number of amides is 1. The zero-order valence-electron chi connectivity index (χ0n) is 17.5. The summed E-state index contributed by atoms with van der Waals surface area (Å²) in [5, 5.41) is 0. The quantitative estimate of drug-likeness (QED) is 0.471. The molecule has 2 heterocycles. The van der Waals surface area contributed by atoms with Gasteiger partial charge in [0, 0.05) is 18.8 Å². The summed E-state index contributed by atoms with van der Waals surface area (Å²) in [6, 6.07) is 13.5. The van der Waals surface area contributed by atoms with Crippen molar-refractivity contribution in [1.82, 2.24) is 9.88 Å². The number of hydrogen-bond acceptors (Lipinski definition) is 5. The van der Waals surface area contributed by atoms with Crippen molar-refractivity contribution in [2.24, 2.45) is 10.7 Å². The van der Waals surface area contributed by atoms with Crippen LogP contribution < -0.4 is 10.5 Å². The van der Waals surface area contributed by atoms with Crippen molar-refractivity contribution >= 4 is 11.9 Å². The summed E-state index contributed by atoms with van der Waals surface area (Å²) in [6.07, 6.45) is -3.55. The van der Waals surface area contributed by atoms with Crippen LogP contribution in [0.2, 0.25) is 0 Å². The lowest BCUT2D eigenvalue weighted by Gasteiger charge is -2.27. The second-order valence-electron chi connectivity index (χ2n) is 7.50. The fourth-order valence-corrected chi connectivity index (χ4v) is 3.81. The molecule has 0 saturated carbocycles. The number of carbonyl (C=O) groups is 1. The van der Waals surface area contributed by atoms with Crippen molar-refractivity contribution in [1.29, 1.82) is 0 Å². The van der Waals surface area contributed by atoms with E-state index in [2.05, 4.69) is 14.7 Å². The van der Waals surface area contributed by atoms with Gasteiger partial charge in [0.1, 0.15) is 5.75 Å². The van der Waals surface area contributed by atoms with Gasteiger partial charge in [0.25, 0.3) is 5.91 Å². The number of hydrogen-bond donors (Lipinski definition) is 1. The molecule has 1 aromatic heterocycles. The third-order valence-electron chi connectivity index (χ3n) is 5.41. The van der Waals surface area contributed by atoms with Gasteiger partial charge in [-0.3, -0.25) is 9.69 Å². The lowest BCUT2D eigenvalue weighted by molar-refractivity contribution is -0.274. The highest BCUT2D eigenvalue weighted by Gasteiger charge is 2.50. The first-order valence-corrected chi connectivity index (χ1v) is 9.75. The molecular weight excluding hydrogens is 440 g/mol. The molecule has 0 saturated heterocycles. The van der Waals surface area contributed by atoms with Gasteiger partial charge < -0.3 is 10.5 Å². The molecule has 2 aromatic carbocycles. The number of likely N-dealkylation sites (N-methyl/N-ethyl adjacent to an activating group) is 1. The van der Waals surface area contributed by atoms with Crippen molar-refractivity contribution in [2.75, 3.05) is 7.05 Å². The smallest absolute Gasteiger partial charge is 0.406 e. The number of alkyl halides is 3. The molecular formula is C23H18F4N4O2. The van der Waals surface area contributed by atoms with E-state index in [0.29, 0.717) is 11.1 Å². The van der Waals surface area contributed by atoms with E-state index in [1.807, 2.05) is 0 Å². The zero-order chi connectivity index (χ0) is 24.0. The van der Waals surface area contributed by atoms with Gasteiger partial charge in [-0.05, 0) is 59.5 Å². The number of aromatic nitrogens is 1. The summed E-state index contributed by atoms with van der Waals surface area (Å²) in [5.41, 5.74) is 5.75. The van der Waals surface area contributed by atoms with Gasteiger partial charge in [-0.25, -0.2) is 9.98 Å². The van der Waals surface area contributed by atoms with E-state index in [-0.39, 0.29) is 22.6 Å². The molecule has 0 fully saturated rings. The maximum atomic E-state index is 14.3. The number of aryl methyl sites for hydroxylation is 1. The minimum atomic E-state index is -4.86. The van der Waals surface area contributed by atoms with Gasteiger partial charge >= 0.3 is 6.36 Å². The summed E-state index contributed by atoms with van der Waals surface area (Å²) in [4.78, 5) is 22.6.